The van der Waals surface area contributed by atoms with Gasteiger partial charge in [0.05, 0.1) is 12.1 Å². The van der Waals surface area contributed by atoms with Crippen molar-refractivity contribution in [2.45, 2.75) is 20.8 Å². The minimum Gasteiger partial charge on any atom is -0.496 e. The van der Waals surface area contributed by atoms with Gasteiger partial charge < -0.3 is 10.1 Å². The molecule has 0 fully saturated rings. The van der Waals surface area contributed by atoms with Gasteiger partial charge in [-0.05, 0) is 37.6 Å². The zero-order chi connectivity index (χ0) is 13.5. The van der Waals surface area contributed by atoms with Crippen molar-refractivity contribution in [2.24, 2.45) is 5.92 Å². The van der Waals surface area contributed by atoms with Crippen molar-refractivity contribution in [1.82, 2.24) is 5.32 Å². The summed E-state index contributed by atoms with van der Waals surface area (Å²) in [5.41, 5.74) is 2.19. The van der Waals surface area contributed by atoms with Crippen LogP contribution in [0.15, 0.2) is 23.8 Å². The third-order valence-electron chi connectivity index (χ3n) is 2.58. The summed E-state index contributed by atoms with van der Waals surface area (Å²) >= 11 is 6.19. The SMILES string of the molecule is COc1cccc(Cl)c1/C=C(/C)CNCC(C)C. The van der Waals surface area contributed by atoms with E-state index in [0.717, 1.165) is 29.4 Å². The highest BCUT2D eigenvalue weighted by Gasteiger charge is 2.05. The summed E-state index contributed by atoms with van der Waals surface area (Å²) in [7, 11) is 1.66. The van der Waals surface area contributed by atoms with Gasteiger partial charge in [0.1, 0.15) is 5.75 Å². The molecule has 1 aromatic rings. The highest BCUT2D eigenvalue weighted by molar-refractivity contribution is 6.32. The first-order valence-corrected chi connectivity index (χ1v) is 6.62. The third kappa shape index (κ3) is 4.71. The molecule has 0 aliphatic rings. The van der Waals surface area contributed by atoms with E-state index >= 15 is 0 Å². The zero-order valence-electron chi connectivity index (χ0n) is 11.6. The molecule has 0 aromatic heterocycles. The Morgan fingerprint density at radius 1 is 1.44 bits per heavy atom. The average molecular weight is 268 g/mol. The van der Waals surface area contributed by atoms with Gasteiger partial charge in [0.15, 0.2) is 0 Å². The molecule has 0 spiro atoms. The Hall–Kier alpha value is -0.990. The lowest BCUT2D eigenvalue weighted by Crippen LogP contribution is -2.21. The summed E-state index contributed by atoms with van der Waals surface area (Å²) in [6.45, 7) is 8.37. The Kier molecular flexibility index (Phi) is 6.23. The summed E-state index contributed by atoms with van der Waals surface area (Å²) in [5, 5.41) is 4.13. The molecule has 3 heteroatoms. The summed E-state index contributed by atoms with van der Waals surface area (Å²) in [4.78, 5) is 0. The molecule has 1 N–H and O–H groups in total. The number of hydrogen-bond donors (Lipinski definition) is 1. The van der Waals surface area contributed by atoms with Crippen molar-refractivity contribution in [1.29, 1.82) is 0 Å². The van der Waals surface area contributed by atoms with Crippen LogP contribution in [-0.2, 0) is 0 Å². The second-order valence-corrected chi connectivity index (χ2v) is 5.28. The number of hydrogen-bond acceptors (Lipinski definition) is 2. The minimum absolute atomic E-state index is 0.660. The second-order valence-electron chi connectivity index (χ2n) is 4.87. The Balaban J connectivity index is 2.75. The van der Waals surface area contributed by atoms with Gasteiger partial charge in [-0.3, -0.25) is 0 Å². The maximum atomic E-state index is 6.19. The average Bonchev–Trinajstić information content (AvgIpc) is 2.31. The Labute approximate surface area is 115 Å². The van der Waals surface area contributed by atoms with Gasteiger partial charge in [0.2, 0.25) is 0 Å². The highest BCUT2D eigenvalue weighted by atomic mass is 35.5. The van der Waals surface area contributed by atoms with Gasteiger partial charge in [0.25, 0.3) is 0 Å². The van der Waals surface area contributed by atoms with Gasteiger partial charge in [-0.15, -0.1) is 0 Å². The molecule has 2 nitrogen and oxygen atoms in total. The molecule has 0 radical (unpaired) electrons. The summed E-state index contributed by atoms with van der Waals surface area (Å²) in [6, 6.07) is 5.70. The Morgan fingerprint density at radius 3 is 2.78 bits per heavy atom. The molecular weight excluding hydrogens is 246 g/mol. The van der Waals surface area contributed by atoms with Crippen LogP contribution in [0.3, 0.4) is 0 Å². The van der Waals surface area contributed by atoms with Crippen LogP contribution in [0.1, 0.15) is 26.3 Å². The van der Waals surface area contributed by atoms with Crippen molar-refractivity contribution in [3.63, 3.8) is 0 Å². The maximum absolute atomic E-state index is 6.19. The van der Waals surface area contributed by atoms with E-state index in [1.807, 2.05) is 18.2 Å². The van der Waals surface area contributed by atoms with Gasteiger partial charge >= 0.3 is 0 Å². The lowest BCUT2D eigenvalue weighted by Gasteiger charge is -2.10. The smallest absolute Gasteiger partial charge is 0.127 e. The van der Waals surface area contributed by atoms with Crippen LogP contribution in [0.4, 0.5) is 0 Å². The van der Waals surface area contributed by atoms with Gasteiger partial charge in [-0.1, -0.05) is 37.1 Å². The molecule has 0 aliphatic heterocycles. The number of methoxy groups -OCH3 is 1. The van der Waals surface area contributed by atoms with Crippen LogP contribution in [0.25, 0.3) is 6.08 Å². The standard InChI is InChI=1S/C15H22ClNO/c1-11(2)9-17-10-12(3)8-13-14(16)6-5-7-15(13)18-4/h5-8,11,17H,9-10H2,1-4H3/b12-8-. The van der Waals surface area contributed by atoms with E-state index in [0.29, 0.717) is 5.92 Å². The molecule has 1 aromatic carbocycles. The van der Waals surface area contributed by atoms with Crippen molar-refractivity contribution in [3.8, 4) is 5.75 Å². The monoisotopic (exact) mass is 267 g/mol. The molecule has 0 bridgehead atoms. The van der Waals surface area contributed by atoms with Crippen molar-refractivity contribution >= 4 is 17.7 Å². The van der Waals surface area contributed by atoms with Crippen molar-refractivity contribution in [2.75, 3.05) is 20.2 Å². The number of halogens is 1. The highest BCUT2D eigenvalue weighted by Crippen LogP contribution is 2.28. The van der Waals surface area contributed by atoms with Crippen LogP contribution < -0.4 is 10.1 Å². The number of nitrogens with one attached hydrogen (secondary N) is 1. The van der Waals surface area contributed by atoms with Gasteiger partial charge in [-0.25, -0.2) is 0 Å². The Bertz CT molecular complexity index is 413. The number of benzene rings is 1. The van der Waals surface area contributed by atoms with E-state index in [1.165, 1.54) is 5.57 Å². The maximum Gasteiger partial charge on any atom is 0.127 e. The first-order chi connectivity index (χ1) is 8.54. The molecule has 0 atom stereocenters. The van der Waals surface area contributed by atoms with E-state index in [2.05, 4.69) is 32.2 Å². The minimum atomic E-state index is 0.660. The largest absolute Gasteiger partial charge is 0.496 e. The van der Waals surface area contributed by atoms with Gasteiger partial charge in [-0.2, -0.15) is 0 Å². The lowest BCUT2D eigenvalue weighted by molar-refractivity contribution is 0.414. The van der Waals surface area contributed by atoms with E-state index in [-0.39, 0.29) is 0 Å². The normalized spacial score (nSPS) is 12.0. The van der Waals surface area contributed by atoms with E-state index in [9.17, 15) is 0 Å². The summed E-state index contributed by atoms with van der Waals surface area (Å²) in [6.07, 6.45) is 2.08. The Morgan fingerprint density at radius 2 is 2.17 bits per heavy atom. The lowest BCUT2D eigenvalue weighted by atomic mass is 10.1. The van der Waals surface area contributed by atoms with E-state index in [1.54, 1.807) is 7.11 Å². The fourth-order valence-corrected chi connectivity index (χ4v) is 1.91. The zero-order valence-corrected chi connectivity index (χ0v) is 12.3. The molecule has 18 heavy (non-hydrogen) atoms. The summed E-state index contributed by atoms with van der Waals surface area (Å²) < 4.78 is 5.32. The molecule has 0 aliphatic carbocycles. The summed E-state index contributed by atoms with van der Waals surface area (Å²) in [5.74, 6) is 1.47. The number of ether oxygens (including phenoxy) is 1. The predicted octanol–water partition coefficient (Wildman–Crippen LogP) is 4.00. The first kappa shape index (κ1) is 15.1. The molecule has 1 rings (SSSR count). The first-order valence-electron chi connectivity index (χ1n) is 6.25. The van der Waals surface area contributed by atoms with E-state index in [4.69, 9.17) is 16.3 Å². The van der Waals surface area contributed by atoms with E-state index < -0.39 is 0 Å². The number of rotatable bonds is 6. The molecular formula is C15H22ClNO. The third-order valence-corrected chi connectivity index (χ3v) is 2.91. The van der Waals surface area contributed by atoms with Crippen LogP contribution in [0.2, 0.25) is 5.02 Å². The van der Waals surface area contributed by atoms with Crippen LogP contribution in [0.5, 0.6) is 5.75 Å². The molecule has 0 amide bonds. The quantitative estimate of drug-likeness (QED) is 0.841. The van der Waals surface area contributed by atoms with Crippen molar-refractivity contribution < 1.29 is 4.74 Å². The molecule has 0 unspecified atom stereocenters. The molecule has 0 heterocycles. The fraction of sp³-hybridized carbons (Fsp3) is 0.467. The van der Waals surface area contributed by atoms with Crippen LogP contribution >= 0.6 is 11.6 Å². The van der Waals surface area contributed by atoms with Crippen LogP contribution in [0, 0.1) is 5.92 Å². The van der Waals surface area contributed by atoms with Crippen LogP contribution in [-0.4, -0.2) is 20.2 Å². The predicted molar refractivity (Wildman–Crippen MR) is 79.4 cm³/mol. The van der Waals surface area contributed by atoms with Gasteiger partial charge in [0, 0.05) is 12.1 Å². The van der Waals surface area contributed by atoms with Crippen molar-refractivity contribution in [3.05, 3.63) is 34.4 Å². The molecule has 0 saturated carbocycles. The second kappa shape index (κ2) is 7.45. The fourth-order valence-electron chi connectivity index (χ4n) is 1.69. The topological polar surface area (TPSA) is 21.3 Å². The molecule has 100 valence electrons. The molecule has 0 saturated heterocycles.